The van der Waals surface area contributed by atoms with Gasteiger partial charge in [-0.05, 0) is 18.9 Å². The third-order valence-electron chi connectivity index (χ3n) is 3.67. The fourth-order valence-electron chi connectivity index (χ4n) is 1.78. The number of carboxylic acids is 1. The molecule has 1 amide bonds. The largest absolute Gasteiger partial charge is 0.480 e. The number of hydrogen-bond acceptors (Lipinski definition) is 3. The van der Waals surface area contributed by atoms with E-state index in [0.29, 0.717) is 6.42 Å². The Morgan fingerprint density at radius 2 is 1.95 bits per heavy atom. The molecule has 4 N–H and O–H groups in total. The van der Waals surface area contributed by atoms with Gasteiger partial charge in [-0.15, -0.1) is 0 Å². The summed E-state index contributed by atoms with van der Waals surface area (Å²) >= 11 is 0. The molecule has 1 rings (SSSR count). The molecule has 0 spiro atoms. The number of carbonyl (C=O) groups excluding carboxylic acids is 1. The lowest BCUT2D eigenvalue weighted by molar-refractivity contribution is -0.143. The summed E-state index contributed by atoms with van der Waals surface area (Å²) in [4.78, 5) is 23.5. The average molecular weight is 278 g/mol. The molecule has 1 aromatic carbocycles. The van der Waals surface area contributed by atoms with Gasteiger partial charge >= 0.3 is 5.97 Å². The number of aliphatic carboxylic acids is 1. The number of hydrogen-bond donors (Lipinski definition) is 3. The summed E-state index contributed by atoms with van der Waals surface area (Å²) in [6.07, 6.45) is 0.819. The highest BCUT2D eigenvalue weighted by atomic mass is 16.4. The Bertz CT molecular complexity index is 455. The van der Waals surface area contributed by atoms with Gasteiger partial charge in [0, 0.05) is 13.0 Å². The highest BCUT2D eigenvalue weighted by Crippen LogP contribution is 2.19. The SMILES string of the molecule is CCC(C)(CN)C(=O)NC(Cc1ccccc1)C(=O)O. The lowest BCUT2D eigenvalue weighted by Crippen LogP contribution is -2.50. The normalized spacial score (nSPS) is 15.2. The maximum atomic E-state index is 12.2. The van der Waals surface area contributed by atoms with Crippen molar-refractivity contribution in [3.05, 3.63) is 35.9 Å². The molecular formula is C15H22N2O3. The molecule has 5 nitrogen and oxygen atoms in total. The number of nitrogens with one attached hydrogen (secondary N) is 1. The molecule has 1 aromatic rings. The van der Waals surface area contributed by atoms with E-state index in [9.17, 15) is 14.7 Å². The van der Waals surface area contributed by atoms with E-state index in [1.54, 1.807) is 6.92 Å². The zero-order valence-electron chi connectivity index (χ0n) is 11.9. The van der Waals surface area contributed by atoms with Gasteiger partial charge in [0.1, 0.15) is 6.04 Å². The smallest absolute Gasteiger partial charge is 0.326 e. The van der Waals surface area contributed by atoms with E-state index >= 15 is 0 Å². The first-order valence-corrected chi connectivity index (χ1v) is 6.70. The van der Waals surface area contributed by atoms with E-state index in [1.165, 1.54) is 0 Å². The summed E-state index contributed by atoms with van der Waals surface area (Å²) in [7, 11) is 0. The lowest BCUT2D eigenvalue weighted by Gasteiger charge is -2.27. The van der Waals surface area contributed by atoms with E-state index in [1.807, 2.05) is 37.3 Å². The van der Waals surface area contributed by atoms with Crippen molar-refractivity contribution in [2.45, 2.75) is 32.7 Å². The third-order valence-corrected chi connectivity index (χ3v) is 3.67. The first kappa shape index (κ1) is 16.2. The van der Waals surface area contributed by atoms with Crippen LogP contribution in [0.25, 0.3) is 0 Å². The van der Waals surface area contributed by atoms with Crippen molar-refractivity contribution in [2.24, 2.45) is 11.1 Å². The van der Waals surface area contributed by atoms with Gasteiger partial charge in [0.2, 0.25) is 5.91 Å². The molecule has 0 radical (unpaired) electrons. The van der Waals surface area contributed by atoms with Crippen LogP contribution < -0.4 is 11.1 Å². The maximum absolute atomic E-state index is 12.2. The van der Waals surface area contributed by atoms with Crippen LogP contribution in [0.1, 0.15) is 25.8 Å². The van der Waals surface area contributed by atoms with Gasteiger partial charge in [0.05, 0.1) is 5.41 Å². The van der Waals surface area contributed by atoms with Crippen LogP contribution in [-0.2, 0) is 16.0 Å². The first-order chi connectivity index (χ1) is 9.42. The fourth-order valence-corrected chi connectivity index (χ4v) is 1.78. The van der Waals surface area contributed by atoms with E-state index in [4.69, 9.17) is 5.73 Å². The first-order valence-electron chi connectivity index (χ1n) is 6.70. The Morgan fingerprint density at radius 3 is 2.40 bits per heavy atom. The summed E-state index contributed by atoms with van der Waals surface area (Å²) in [5, 5.41) is 11.8. The highest BCUT2D eigenvalue weighted by molar-refractivity contribution is 5.87. The van der Waals surface area contributed by atoms with Gasteiger partial charge < -0.3 is 16.2 Å². The zero-order chi connectivity index (χ0) is 15.2. The van der Waals surface area contributed by atoms with Crippen molar-refractivity contribution in [1.82, 2.24) is 5.32 Å². The second kappa shape index (κ2) is 7.05. The Balaban J connectivity index is 2.78. The van der Waals surface area contributed by atoms with Crippen LogP contribution in [-0.4, -0.2) is 29.6 Å². The summed E-state index contributed by atoms with van der Waals surface area (Å²) in [5.41, 5.74) is 5.75. The maximum Gasteiger partial charge on any atom is 0.326 e. The summed E-state index contributed by atoms with van der Waals surface area (Å²) in [6.45, 7) is 3.79. The van der Waals surface area contributed by atoms with Crippen LogP contribution in [0.3, 0.4) is 0 Å². The molecule has 2 unspecified atom stereocenters. The molecule has 0 heterocycles. The summed E-state index contributed by atoms with van der Waals surface area (Å²) in [5.74, 6) is -1.36. The second-order valence-corrected chi connectivity index (χ2v) is 5.17. The van der Waals surface area contributed by atoms with Crippen molar-refractivity contribution in [3.8, 4) is 0 Å². The minimum absolute atomic E-state index is 0.188. The van der Waals surface area contributed by atoms with Gasteiger partial charge in [-0.3, -0.25) is 4.79 Å². The van der Waals surface area contributed by atoms with E-state index in [-0.39, 0.29) is 18.9 Å². The monoisotopic (exact) mass is 278 g/mol. The number of carbonyl (C=O) groups is 2. The second-order valence-electron chi connectivity index (χ2n) is 5.17. The third kappa shape index (κ3) is 4.06. The highest BCUT2D eigenvalue weighted by Gasteiger charge is 2.32. The molecule has 0 aliphatic rings. The Kier molecular flexibility index (Phi) is 5.70. The van der Waals surface area contributed by atoms with Crippen LogP contribution >= 0.6 is 0 Å². The predicted molar refractivity (Wildman–Crippen MR) is 77.2 cm³/mol. The molecule has 2 atom stereocenters. The van der Waals surface area contributed by atoms with Crippen LogP contribution in [0.5, 0.6) is 0 Å². The lowest BCUT2D eigenvalue weighted by atomic mass is 9.86. The van der Waals surface area contributed by atoms with Crippen LogP contribution in [0.4, 0.5) is 0 Å². The van der Waals surface area contributed by atoms with Gasteiger partial charge in [-0.2, -0.15) is 0 Å². The van der Waals surface area contributed by atoms with Gasteiger partial charge in [0.25, 0.3) is 0 Å². The molecule has 0 saturated carbocycles. The molecule has 0 aliphatic carbocycles. The van der Waals surface area contributed by atoms with Crippen molar-refractivity contribution >= 4 is 11.9 Å². The van der Waals surface area contributed by atoms with Crippen molar-refractivity contribution in [3.63, 3.8) is 0 Å². The predicted octanol–water partition coefficient (Wildman–Crippen LogP) is 1.17. The Hall–Kier alpha value is -1.88. The molecule has 0 saturated heterocycles. The van der Waals surface area contributed by atoms with Crippen molar-refractivity contribution in [2.75, 3.05) is 6.54 Å². The molecule has 110 valence electrons. The van der Waals surface area contributed by atoms with Crippen molar-refractivity contribution < 1.29 is 14.7 Å². The van der Waals surface area contributed by atoms with Crippen LogP contribution in [0, 0.1) is 5.41 Å². The number of amides is 1. The van der Waals surface area contributed by atoms with Crippen molar-refractivity contribution in [1.29, 1.82) is 0 Å². The van der Waals surface area contributed by atoms with Gasteiger partial charge in [-0.1, -0.05) is 37.3 Å². The molecular weight excluding hydrogens is 256 g/mol. The minimum atomic E-state index is -1.04. The molecule has 0 aliphatic heterocycles. The minimum Gasteiger partial charge on any atom is -0.480 e. The Morgan fingerprint density at radius 1 is 1.35 bits per heavy atom. The van der Waals surface area contributed by atoms with Crippen LogP contribution in [0.15, 0.2) is 30.3 Å². The number of nitrogens with two attached hydrogens (primary N) is 1. The van der Waals surface area contributed by atoms with Gasteiger partial charge in [-0.25, -0.2) is 4.79 Å². The summed E-state index contributed by atoms with van der Waals surface area (Å²) in [6, 6.07) is 8.27. The quantitative estimate of drug-likeness (QED) is 0.698. The zero-order valence-corrected chi connectivity index (χ0v) is 11.9. The fraction of sp³-hybridized carbons (Fsp3) is 0.467. The van der Waals surface area contributed by atoms with E-state index in [0.717, 1.165) is 5.56 Å². The summed E-state index contributed by atoms with van der Waals surface area (Å²) < 4.78 is 0. The average Bonchev–Trinajstić information content (AvgIpc) is 2.46. The molecule has 0 bridgehead atoms. The topological polar surface area (TPSA) is 92.4 Å². The Labute approximate surface area is 119 Å². The molecule has 5 heteroatoms. The number of rotatable bonds is 7. The number of benzene rings is 1. The standard InChI is InChI=1S/C15H22N2O3/c1-3-15(2,10-16)14(20)17-12(13(18)19)9-11-7-5-4-6-8-11/h4-8,12H,3,9-10,16H2,1-2H3,(H,17,20)(H,18,19). The molecule has 20 heavy (non-hydrogen) atoms. The van der Waals surface area contributed by atoms with Crippen LogP contribution in [0.2, 0.25) is 0 Å². The number of carboxylic acid groups (broad SMARTS) is 1. The molecule has 0 fully saturated rings. The van der Waals surface area contributed by atoms with Gasteiger partial charge in [0.15, 0.2) is 0 Å². The molecule has 0 aromatic heterocycles. The van der Waals surface area contributed by atoms with E-state index < -0.39 is 17.4 Å². The van der Waals surface area contributed by atoms with E-state index in [2.05, 4.69) is 5.32 Å².